The fourth-order valence-electron chi connectivity index (χ4n) is 1.41. The largest absolute Gasteiger partial charge is 0.497 e. The minimum absolute atomic E-state index is 0.116. The molecule has 1 heterocycles. The molecule has 0 bridgehead atoms. The van der Waals surface area contributed by atoms with Gasteiger partial charge in [0.25, 0.3) is 10.0 Å². The molecule has 0 spiro atoms. The molecular formula is C11H12N2O3S. The molecule has 0 aromatic heterocycles. The van der Waals surface area contributed by atoms with E-state index in [0.717, 1.165) is 0 Å². The van der Waals surface area contributed by atoms with Crippen LogP contribution in [0.1, 0.15) is 0 Å². The predicted molar refractivity (Wildman–Crippen MR) is 64.5 cm³/mol. The summed E-state index contributed by atoms with van der Waals surface area (Å²) in [7, 11) is -1.98. The van der Waals surface area contributed by atoms with Crippen molar-refractivity contribution in [2.24, 2.45) is 4.99 Å². The van der Waals surface area contributed by atoms with Crippen molar-refractivity contribution in [3.05, 3.63) is 36.5 Å². The van der Waals surface area contributed by atoms with Gasteiger partial charge in [0, 0.05) is 12.4 Å². The Hall–Kier alpha value is -1.82. The van der Waals surface area contributed by atoms with Crippen LogP contribution in [0.5, 0.6) is 5.75 Å². The molecule has 0 amide bonds. The van der Waals surface area contributed by atoms with Gasteiger partial charge in [0.2, 0.25) is 0 Å². The van der Waals surface area contributed by atoms with Crippen LogP contribution < -0.4 is 4.74 Å². The molecule has 1 aromatic rings. The third-order valence-corrected chi connectivity index (χ3v) is 4.05. The summed E-state index contributed by atoms with van der Waals surface area (Å²) in [5.41, 5.74) is 0. The molecule has 0 unspecified atom stereocenters. The Balaban J connectivity index is 2.31. The van der Waals surface area contributed by atoms with Crippen molar-refractivity contribution >= 4 is 16.2 Å². The van der Waals surface area contributed by atoms with Gasteiger partial charge >= 0.3 is 0 Å². The summed E-state index contributed by atoms with van der Waals surface area (Å²) >= 11 is 0. The summed E-state index contributed by atoms with van der Waals surface area (Å²) in [6.45, 7) is 0.116. The van der Waals surface area contributed by atoms with Crippen LogP contribution >= 0.6 is 0 Å². The molecule has 17 heavy (non-hydrogen) atoms. The van der Waals surface area contributed by atoms with Crippen LogP contribution in [-0.2, 0) is 10.0 Å². The predicted octanol–water partition coefficient (Wildman–Crippen LogP) is 1.24. The molecule has 2 rings (SSSR count). The highest BCUT2D eigenvalue weighted by Gasteiger charge is 2.21. The van der Waals surface area contributed by atoms with E-state index in [1.54, 1.807) is 24.4 Å². The molecule has 6 heteroatoms. The number of nitrogens with zero attached hydrogens (tertiary/aromatic N) is 2. The van der Waals surface area contributed by atoms with Gasteiger partial charge in [-0.2, -0.15) is 0 Å². The van der Waals surface area contributed by atoms with Gasteiger partial charge < -0.3 is 4.74 Å². The first-order valence-electron chi connectivity index (χ1n) is 4.97. The third-order valence-electron chi connectivity index (χ3n) is 2.33. The third kappa shape index (κ3) is 2.31. The SMILES string of the molecule is COc1ccc(S(=O)(=O)N2C=CC=NC2)cc1. The molecule has 1 aromatic carbocycles. The molecule has 0 aliphatic carbocycles. The highest BCUT2D eigenvalue weighted by Crippen LogP contribution is 2.20. The Morgan fingerprint density at radius 1 is 1.29 bits per heavy atom. The number of hydrogen-bond acceptors (Lipinski definition) is 4. The van der Waals surface area contributed by atoms with Crippen LogP contribution in [-0.4, -0.2) is 32.7 Å². The van der Waals surface area contributed by atoms with Crippen molar-refractivity contribution < 1.29 is 13.2 Å². The summed E-state index contributed by atoms with van der Waals surface area (Å²) in [6, 6.07) is 6.26. The zero-order valence-corrected chi connectivity index (χ0v) is 10.1. The molecule has 90 valence electrons. The quantitative estimate of drug-likeness (QED) is 0.813. The number of hydrogen-bond donors (Lipinski definition) is 0. The second kappa shape index (κ2) is 4.58. The van der Waals surface area contributed by atoms with Crippen molar-refractivity contribution in [1.82, 2.24) is 4.31 Å². The Morgan fingerprint density at radius 3 is 2.53 bits per heavy atom. The van der Waals surface area contributed by atoms with Crippen LogP contribution in [0.2, 0.25) is 0 Å². The van der Waals surface area contributed by atoms with Crippen molar-refractivity contribution in [2.45, 2.75) is 4.90 Å². The molecule has 1 aliphatic heterocycles. The molecule has 0 saturated carbocycles. The van der Waals surface area contributed by atoms with Crippen molar-refractivity contribution in [3.63, 3.8) is 0 Å². The molecule has 0 saturated heterocycles. The second-order valence-corrected chi connectivity index (χ2v) is 5.27. The fraction of sp³-hybridized carbons (Fsp3) is 0.182. The highest BCUT2D eigenvalue weighted by molar-refractivity contribution is 7.89. The monoisotopic (exact) mass is 252 g/mol. The van der Waals surface area contributed by atoms with E-state index in [4.69, 9.17) is 4.74 Å². The highest BCUT2D eigenvalue weighted by atomic mass is 32.2. The maximum Gasteiger partial charge on any atom is 0.265 e. The second-order valence-electron chi connectivity index (χ2n) is 3.38. The Kier molecular flexibility index (Phi) is 3.14. The van der Waals surface area contributed by atoms with Crippen LogP contribution in [0, 0.1) is 0 Å². The minimum atomic E-state index is -3.51. The van der Waals surface area contributed by atoms with Gasteiger partial charge in [0.05, 0.1) is 12.0 Å². The first-order chi connectivity index (χ1) is 8.14. The normalized spacial score (nSPS) is 15.0. The Labute approximate surface area is 100 Å². The average Bonchev–Trinajstić information content (AvgIpc) is 2.40. The van der Waals surface area contributed by atoms with E-state index in [1.165, 1.54) is 29.7 Å². The van der Waals surface area contributed by atoms with Crippen LogP contribution in [0.3, 0.4) is 0 Å². The number of methoxy groups -OCH3 is 1. The van der Waals surface area contributed by atoms with E-state index < -0.39 is 10.0 Å². The maximum atomic E-state index is 12.1. The van der Waals surface area contributed by atoms with Gasteiger partial charge in [-0.1, -0.05) is 0 Å². The first kappa shape index (κ1) is 11.7. The van der Waals surface area contributed by atoms with E-state index in [2.05, 4.69) is 4.99 Å². The zero-order chi connectivity index (χ0) is 12.3. The average molecular weight is 252 g/mol. The van der Waals surface area contributed by atoms with Crippen molar-refractivity contribution in [2.75, 3.05) is 13.8 Å². The molecular weight excluding hydrogens is 240 g/mol. The summed E-state index contributed by atoms with van der Waals surface area (Å²) in [5, 5.41) is 0. The van der Waals surface area contributed by atoms with Crippen LogP contribution in [0.4, 0.5) is 0 Å². The topological polar surface area (TPSA) is 59.0 Å². The van der Waals surface area contributed by atoms with Gasteiger partial charge in [-0.15, -0.1) is 0 Å². The summed E-state index contributed by atoms with van der Waals surface area (Å²) < 4.78 is 30.5. The molecule has 0 radical (unpaired) electrons. The van der Waals surface area contributed by atoms with Gasteiger partial charge in [0.15, 0.2) is 0 Å². The summed E-state index contributed by atoms with van der Waals surface area (Å²) in [4.78, 5) is 4.12. The number of ether oxygens (including phenoxy) is 1. The molecule has 0 fully saturated rings. The lowest BCUT2D eigenvalue weighted by Gasteiger charge is -2.19. The number of allylic oxidation sites excluding steroid dienone is 1. The number of rotatable bonds is 3. The van der Waals surface area contributed by atoms with E-state index >= 15 is 0 Å². The van der Waals surface area contributed by atoms with Crippen molar-refractivity contribution in [3.8, 4) is 5.75 Å². The molecule has 0 atom stereocenters. The first-order valence-corrected chi connectivity index (χ1v) is 6.41. The van der Waals surface area contributed by atoms with Gasteiger partial charge in [-0.25, -0.2) is 8.42 Å². The summed E-state index contributed by atoms with van der Waals surface area (Å²) in [5.74, 6) is 0.621. The van der Waals surface area contributed by atoms with Gasteiger partial charge in [0.1, 0.15) is 12.4 Å². The number of aliphatic imine (C=N–C) groups is 1. The maximum absolute atomic E-state index is 12.1. The fourth-order valence-corrected chi connectivity index (χ4v) is 2.61. The number of benzene rings is 1. The van der Waals surface area contributed by atoms with E-state index in [0.29, 0.717) is 5.75 Å². The molecule has 5 nitrogen and oxygen atoms in total. The zero-order valence-electron chi connectivity index (χ0n) is 9.28. The van der Waals surface area contributed by atoms with E-state index in [1.807, 2.05) is 0 Å². The van der Waals surface area contributed by atoms with E-state index in [9.17, 15) is 8.42 Å². The Bertz CT molecular complexity index is 547. The van der Waals surface area contributed by atoms with Gasteiger partial charge in [-0.3, -0.25) is 9.30 Å². The molecule has 0 N–H and O–H groups in total. The van der Waals surface area contributed by atoms with Crippen LogP contribution in [0.25, 0.3) is 0 Å². The lowest BCUT2D eigenvalue weighted by atomic mass is 10.3. The lowest BCUT2D eigenvalue weighted by molar-refractivity contribution is 0.414. The number of sulfonamides is 1. The van der Waals surface area contributed by atoms with Gasteiger partial charge in [-0.05, 0) is 30.3 Å². The Morgan fingerprint density at radius 2 is 2.00 bits per heavy atom. The molecule has 1 aliphatic rings. The minimum Gasteiger partial charge on any atom is -0.497 e. The van der Waals surface area contributed by atoms with Crippen molar-refractivity contribution in [1.29, 1.82) is 0 Å². The van der Waals surface area contributed by atoms with Crippen LogP contribution in [0.15, 0.2) is 46.4 Å². The smallest absolute Gasteiger partial charge is 0.265 e. The standard InChI is InChI=1S/C11H12N2O3S/c1-16-10-3-5-11(6-4-10)17(14,15)13-8-2-7-12-9-13/h2-8H,9H2,1H3. The summed E-state index contributed by atoms with van der Waals surface area (Å²) in [6.07, 6.45) is 4.65. The van der Waals surface area contributed by atoms with E-state index in [-0.39, 0.29) is 11.6 Å². The lowest BCUT2D eigenvalue weighted by Crippen LogP contribution is -2.27.